The van der Waals surface area contributed by atoms with Crippen LogP contribution in [0, 0.1) is 12.8 Å². The van der Waals surface area contributed by atoms with E-state index >= 15 is 0 Å². The minimum atomic E-state index is 0.193. The van der Waals surface area contributed by atoms with E-state index in [1.54, 1.807) is 16.7 Å². The van der Waals surface area contributed by atoms with Gasteiger partial charge in [-0.2, -0.15) is 0 Å². The van der Waals surface area contributed by atoms with Crippen molar-refractivity contribution in [3.05, 3.63) is 56.6 Å². The van der Waals surface area contributed by atoms with Gasteiger partial charge in [0, 0.05) is 22.5 Å². The van der Waals surface area contributed by atoms with E-state index in [2.05, 4.69) is 72.8 Å². The molecule has 146 valence electrons. The van der Waals surface area contributed by atoms with Gasteiger partial charge in [0.25, 0.3) is 0 Å². The lowest BCUT2D eigenvalue weighted by molar-refractivity contribution is 0.150. The van der Waals surface area contributed by atoms with Crippen LogP contribution in [0.15, 0.2) is 39.9 Å². The number of rotatable bonds is 5. The normalized spacial score (nSPS) is 28.6. The van der Waals surface area contributed by atoms with Crippen LogP contribution >= 0.6 is 15.9 Å². The fourth-order valence-electron chi connectivity index (χ4n) is 5.65. The molecular formula is C25H34BrN. The van der Waals surface area contributed by atoms with Gasteiger partial charge < -0.3 is 0 Å². The highest BCUT2D eigenvalue weighted by Gasteiger charge is 2.47. The molecule has 0 bridgehead atoms. The molecule has 1 aromatic rings. The first-order valence-electron chi connectivity index (χ1n) is 10.9. The van der Waals surface area contributed by atoms with Gasteiger partial charge in [-0.1, -0.05) is 53.6 Å². The minimum Gasteiger partial charge on any atom is -0.297 e. The predicted molar refractivity (Wildman–Crippen MR) is 119 cm³/mol. The molecule has 1 saturated heterocycles. The van der Waals surface area contributed by atoms with E-state index in [1.807, 2.05) is 0 Å². The summed E-state index contributed by atoms with van der Waals surface area (Å²) in [6, 6.07) is 5.14. The monoisotopic (exact) mass is 427 g/mol. The molecule has 1 saturated carbocycles. The molecule has 1 aliphatic heterocycles. The predicted octanol–water partition coefficient (Wildman–Crippen LogP) is 6.73. The molecular weight excluding hydrogens is 394 g/mol. The Hall–Kier alpha value is -0.860. The highest BCUT2D eigenvalue weighted by molar-refractivity contribution is 9.10. The van der Waals surface area contributed by atoms with Crippen molar-refractivity contribution < 1.29 is 0 Å². The maximum absolute atomic E-state index is 3.88. The summed E-state index contributed by atoms with van der Waals surface area (Å²) in [5, 5.41) is 0. The van der Waals surface area contributed by atoms with Gasteiger partial charge in [0.2, 0.25) is 0 Å². The second-order valence-electron chi connectivity index (χ2n) is 9.00. The fraction of sp³-hybridized carbons (Fsp3) is 0.600. The van der Waals surface area contributed by atoms with Crippen LogP contribution in [-0.2, 0) is 11.8 Å². The summed E-state index contributed by atoms with van der Waals surface area (Å²) < 4.78 is 1.29. The number of piperidine rings is 1. The molecule has 1 aromatic carbocycles. The van der Waals surface area contributed by atoms with E-state index in [4.69, 9.17) is 0 Å². The Labute approximate surface area is 174 Å². The maximum atomic E-state index is 3.88. The maximum Gasteiger partial charge on any atom is 0.0291 e. The van der Waals surface area contributed by atoms with Crippen LogP contribution in [0.2, 0.25) is 0 Å². The molecule has 0 spiro atoms. The van der Waals surface area contributed by atoms with Gasteiger partial charge in [0.15, 0.2) is 0 Å². The van der Waals surface area contributed by atoms with E-state index in [-0.39, 0.29) is 5.41 Å². The highest BCUT2D eigenvalue weighted by Crippen LogP contribution is 2.52. The first-order valence-corrected chi connectivity index (χ1v) is 11.7. The Morgan fingerprint density at radius 3 is 2.59 bits per heavy atom. The van der Waals surface area contributed by atoms with Crippen molar-refractivity contribution in [1.29, 1.82) is 0 Å². The third kappa shape index (κ3) is 3.38. The van der Waals surface area contributed by atoms with Crippen molar-refractivity contribution in [1.82, 2.24) is 4.90 Å². The van der Waals surface area contributed by atoms with Gasteiger partial charge in [-0.3, -0.25) is 4.90 Å². The van der Waals surface area contributed by atoms with Gasteiger partial charge >= 0.3 is 0 Å². The molecule has 0 aromatic heterocycles. The first-order chi connectivity index (χ1) is 13.0. The summed E-state index contributed by atoms with van der Waals surface area (Å²) in [5.41, 5.74) is 8.11. The zero-order valence-electron chi connectivity index (χ0n) is 17.4. The molecule has 2 atom stereocenters. The SMILES string of the molecule is CCC1=CC=C2C(C)N(CC3CC3)CCC2(c2c(C)ccc(Br)c2CC)C1. The van der Waals surface area contributed by atoms with Gasteiger partial charge in [-0.05, 0) is 93.2 Å². The summed E-state index contributed by atoms with van der Waals surface area (Å²) in [6.45, 7) is 12.0. The van der Waals surface area contributed by atoms with Crippen LogP contribution in [0.25, 0.3) is 0 Å². The molecule has 2 unspecified atom stereocenters. The molecule has 1 heterocycles. The Morgan fingerprint density at radius 1 is 1.15 bits per heavy atom. The number of likely N-dealkylation sites (tertiary alicyclic amines) is 1. The topological polar surface area (TPSA) is 3.24 Å². The van der Waals surface area contributed by atoms with Crippen molar-refractivity contribution in [2.75, 3.05) is 13.1 Å². The van der Waals surface area contributed by atoms with Gasteiger partial charge in [0.05, 0.1) is 0 Å². The zero-order valence-corrected chi connectivity index (χ0v) is 19.0. The van der Waals surface area contributed by atoms with E-state index in [9.17, 15) is 0 Å². The smallest absolute Gasteiger partial charge is 0.0291 e. The number of halogens is 1. The van der Waals surface area contributed by atoms with Crippen molar-refractivity contribution in [2.45, 2.75) is 77.7 Å². The van der Waals surface area contributed by atoms with Crippen molar-refractivity contribution >= 4 is 15.9 Å². The molecule has 2 aliphatic carbocycles. The number of hydrogen-bond donors (Lipinski definition) is 0. The summed E-state index contributed by atoms with van der Waals surface area (Å²) >= 11 is 3.88. The average molecular weight is 428 g/mol. The minimum absolute atomic E-state index is 0.193. The van der Waals surface area contributed by atoms with Crippen molar-refractivity contribution in [2.24, 2.45) is 5.92 Å². The van der Waals surface area contributed by atoms with Crippen LogP contribution in [-0.4, -0.2) is 24.0 Å². The molecule has 27 heavy (non-hydrogen) atoms. The number of fused-ring (bicyclic) bond motifs is 1. The molecule has 2 heteroatoms. The average Bonchev–Trinajstić information content (AvgIpc) is 3.49. The Kier molecular flexibility index (Phi) is 5.42. The Bertz CT molecular complexity index is 786. The van der Waals surface area contributed by atoms with Crippen LogP contribution in [0.5, 0.6) is 0 Å². The number of aryl methyl sites for hydroxylation is 1. The second kappa shape index (κ2) is 7.52. The largest absolute Gasteiger partial charge is 0.297 e. The summed E-state index contributed by atoms with van der Waals surface area (Å²) in [7, 11) is 0. The van der Waals surface area contributed by atoms with Gasteiger partial charge in [0.1, 0.15) is 0 Å². The standard InChI is InChI=1S/C25H34BrN/c1-5-19-10-11-22-18(4)27(16-20-8-9-20)14-13-25(22,15-19)24-17(3)7-12-23(26)21(24)6-2/h7,10-12,18,20H,5-6,8-9,13-16H2,1-4H3. The number of benzene rings is 1. The molecule has 0 amide bonds. The summed E-state index contributed by atoms with van der Waals surface area (Å²) in [5.74, 6) is 0.963. The number of nitrogens with zero attached hydrogens (tertiary/aromatic N) is 1. The third-order valence-corrected chi connectivity index (χ3v) is 8.09. The molecule has 0 N–H and O–H groups in total. The van der Waals surface area contributed by atoms with Crippen LogP contribution in [0.1, 0.15) is 69.6 Å². The van der Waals surface area contributed by atoms with Crippen molar-refractivity contribution in [3.8, 4) is 0 Å². The molecule has 2 fully saturated rings. The fourth-order valence-corrected chi connectivity index (χ4v) is 6.26. The Balaban J connectivity index is 1.83. The van der Waals surface area contributed by atoms with E-state index in [1.165, 1.54) is 60.8 Å². The molecule has 4 rings (SSSR count). The lowest BCUT2D eigenvalue weighted by Gasteiger charge is -2.51. The van der Waals surface area contributed by atoms with E-state index in [0.717, 1.165) is 12.3 Å². The zero-order chi connectivity index (χ0) is 19.2. The van der Waals surface area contributed by atoms with Gasteiger partial charge in [-0.15, -0.1) is 0 Å². The molecule has 3 aliphatic rings. The number of hydrogen-bond acceptors (Lipinski definition) is 1. The van der Waals surface area contributed by atoms with Crippen molar-refractivity contribution in [3.63, 3.8) is 0 Å². The summed E-state index contributed by atoms with van der Waals surface area (Å²) in [6.07, 6.45) is 12.6. The first kappa shape index (κ1) is 19.5. The third-order valence-electron chi connectivity index (χ3n) is 7.34. The number of allylic oxidation sites excluding steroid dienone is 3. The van der Waals surface area contributed by atoms with E-state index in [0.29, 0.717) is 6.04 Å². The second-order valence-corrected chi connectivity index (χ2v) is 9.85. The molecule has 1 nitrogen and oxygen atoms in total. The van der Waals surface area contributed by atoms with E-state index < -0.39 is 0 Å². The van der Waals surface area contributed by atoms with Gasteiger partial charge in [-0.25, -0.2) is 0 Å². The van der Waals surface area contributed by atoms with Crippen LogP contribution in [0.4, 0.5) is 0 Å². The Morgan fingerprint density at radius 2 is 1.93 bits per heavy atom. The highest BCUT2D eigenvalue weighted by atomic mass is 79.9. The quantitative estimate of drug-likeness (QED) is 0.503. The molecule has 0 radical (unpaired) electrons. The lowest BCUT2D eigenvalue weighted by atomic mass is 9.59. The van der Waals surface area contributed by atoms with Crippen LogP contribution in [0.3, 0.4) is 0 Å². The summed E-state index contributed by atoms with van der Waals surface area (Å²) in [4.78, 5) is 2.77. The lowest BCUT2D eigenvalue weighted by Crippen LogP contribution is -2.52. The van der Waals surface area contributed by atoms with Crippen LogP contribution < -0.4 is 0 Å².